The number of Topliss-reactive ketones (excluding diaryl/α,β-unsaturated/α-hetero) is 1. The van der Waals surface area contributed by atoms with Crippen LogP contribution in [0.15, 0.2) is 30.3 Å². The van der Waals surface area contributed by atoms with Gasteiger partial charge in [-0.1, -0.05) is 30.3 Å². The maximum atomic E-state index is 11.3. The van der Waals surface area contributed by atoms with Crippen molar-refractivity contribution in [2.45, 2.75) is 12.2 Å². The highest BCUT2D eigenvalue weighted by molar-refractivity contribution is 7.98. The third-order valence-corrected chi connectivity index (χ3v) is 3.40. The zero-order chi connectivity index (χ0) is 11.3. The Morgan fingerprint density at radius 2 is 1.93 bits per heavy atom. The predicted molar refractivity (Wildman–Crippen MR) is 62.9 cm³/mol. The fraction of sp³-hybridized carbons (Fsp3) is 0.333. The van der Waals surface area contributed by atoms with Crippen molar-refractivity contribution >= 4 is 23.8 Å². The molecule has 0 aliphatic rings. The van der Waals surface area contributed by atoms with Crippen molar-refractivity contribution in [2.75, 3.05) is 6.26 Å². The van der Waals surface area contributed by atoms with E-state index in [1.165, 1.54) is 18.7 Å². The van der Waals surface area contributed by atoms with E-state index in [0.717, 1.165) is 11.8 Å². The number of hydrogen-bond acceptors (Lipinski definition) is 3. The highest BCUT2D eigenvalue weighted by Crippen LogP contribution is 2.33. The molecular weight excluding hydrogens is 208 g/mol. The Bertz CT molecular complexity index is 335. The number of carbonyl (C=O) groups is 2. The number of hydrogen-bond donors (Lipinski definition) is 0. The summed E-state index contributed by atoms with van der Waals surface area (Å²) in [5.41, 5.74) is 1.03. The minimum absolute atomic E-state index is 0.0683. The maximum Gasteiger partial charge on any atom is 0.141 e. The molecule has 0 amide bonds. The van der Waals surface area contributed by atoms with Crippen molar-refractivity contribution in [3.05, 3.63) is 35.9 Å². The number of ketones is 1. The van der Waals surface area contributed by atoms with E-state index in [1.807, 2.05) is 36.6 Å². The Morgan fingerprint density at radius 1 is 1.33 bits per heavy atom. The number of thioether (sulfide) groups is 1. The summed E-state index contributed by atoms with van der Waals surface area (Å²) in [6, 6.07) is 9.65. The number of rotatable bonds is 5. The third-order valence-electron chi connectivity index (χ3n) is 2.32. The van der Waals surface area contributed by atoms with Crippen molar-refractivity contribution in [1.29, 1.82) is 0 Å². The molecule has 2 unspecified atom stereocenters. The standard InChI is InChI=1S/C12H14O2S/c1-9(14)11(8-13)12(15-2)10-6-4-3-5-7-10/h3-8,11-12H,1-2H3. The summed E-state index contributed by atoms with van der Waals surface area (Å²) in [6.45, 7) is 1.46. The summed E-state index contributed by atoms with van der Waals surface area (Å²) in [6.07, 6.45) is 2.66. The Labute approximate surface area is 94.1 Å². The van der Waals surface area contributed by atoms with Gasteiger partial charge in [-0.05, 0) is 18.7 Å². The SMILES string of the molecule is CSC(c1ccccc1)C(C=O)C(C)=O. The molecule has 0 spiro atoms. The molecule has 0 radical (unpaired) electrons. The van der Waals surface area contributed by atoms with Crippen LogP contribution in [0.2, 0.25) is 0 Å². The Kier molecular flexibility index (Phi) is 4.56. The molecule has 80 valence electrons. The topological polar surface area (TPSA) is 34.1 Å². The Hall–Kier alpha value is -1.09. The average Bonchev–Trinajstić information content (AvgIpc) is 2.26. The first-order valence-electron chi connectivity index (χ1n) is 4.74. The quantitative estimate of drug-likeness (QED) is 0.567. The fourth-order valence-corrected chi connectivity index (χ4v) is 2.49. The van der Waals surface area contributed by atoms with Crippen LogP contribution >= 0.6 is 11.8 Å². The second-order valence-electron chi connectivity index (χ2n) is 3.34. The predicted octanol–water partition coefficient (Wildman–Crippen LogP) is 2.49. The van der Waals surface area contributed by atoms with E-state index in [1.54, 1.807) is 0 Å². The lowest BCUT2D eigenvalue weighted by atomic mass is 9.97. The van der Waals surface area contributed by atoms with Crippen LogP contribution < -0.4 is 0 Å². The van der Waals surface area contributed by atoms with Gasteiger partial charge in [-0.2, -0.15) is 11.8 Å². The summed E-state index contributed by atoms with van der Waals surface area (Å²) >= 11 is 1.53. The maximum absolute atomic E-state index is 11.3. The molecule has 15 heavy (non-hydrogen) atoms. The Balaban J connectivity index is 2.97. The smallest absolute Gasteiger partial charge is 0.141 e. The molecule has 3 heteroatoms. The molecule has 0 aliphatic heterocycles. The number of aldehydes is 1. The van der Waals surface area contributed by atoms with E-state index in [0.29, 0.717) is 0 Å². The van der Waals surface area contributed by atoms with Crippen LogP contribution in [0.25, 0.3) is 0 Å². The van der Waals surface area contributed by atoms with Gasteiger partial charge in [0.05, 0.1) is 5.92 Å². The van der Waals surface area contributed by atoms with Crippen LogP contribution in [0.3, 0.4) is 0 Å². The van der Waals surface area contributed by atoms with Gasteiger partial charge in [0.2, 0.25) is 0 Å². The van der Waals surface area contributed by atoms with Crippen LogP contribution in [0, 0.1) is 5.92 Å². The average molecular weight is 222 g/mol. The van der Waals surface area contributed by atoms with Crippen LogP contribution in [-0.4, -0.2) is 18.3 Å². The molecule has 0 heterocycles. The summed E-state index contributed by atoms with van der Waals surface area (Å²) in [5, 5.41) is -0.0683. The molecule has 2 atom stereocenters. The van der Waals surface area contributed by atoms with Crippen LogP contribution in [0.5, 0.6) is 0 Å². The van der Waals surface area contributed by atoms with Crippen molar-refractivity contribution in [3.8, 4) is 0 Å². The van der Waals surface area contributed by atoms with Gasteiger partial charge in [-0.3, -0.25) is 4.79 Å². The molecule has 2 nitrogen and oxygen atoms in total. The van der Waals surface area contributed by atoms with Crippen molar-refractivity contribution in [2.24, 2.45) is 5.92 Å². The molecule has 0 N–H and O–H groups in total. The van der Waals surface area contributed by atoms with Gasteiger partial charge in [-0.15, -0.1) is 0 Å². The van der Waals surface area contributed by atoms with Gasteiger partial charge in [-0.25, -0.2) is 0 Å². The zero-order valence-corrected chi connectivity index (χ0v) is 9.66. The zero-order valence-electron chi connectivity index (χ0n) is 8.84. The van der Waals surface area contributed by atoms with E-state index in [-0.39, 0.29) is 11.0 Å². The first-order valence-corrected chi connectivity index (χ1v) is 6.03. The second-order valence-corrected chi connectivity index (χ2v) is 4.32. The monoisotopic (exact) mass is 222 g/mol. The van der Waals surface area contributed by atoms with Crippen molar-refractivity contribution in [3.63, 3.8) is 0 Å². The number of benzene rings is 1. The van der Waals surface area contributed by atoms with Gasteiger partial charge in [0.25, 0.3) is 0 Å². The molecule has 1 aromatic rings. The third kappa shape index (κ3) is 2.93. The van der Waals surface area contributed by atoms with E-state index >= 15 is 0 Å². The molecule has 0 saturated heterocycles. The minimum Gasteiger partial charge on any atom is -0.303 e. The van der Waals surface area contributed by atoms with E-state index in [4.69, 9.17) is 0 Å². The van der Waals surface area contributed by atoms with E-state index in [2.05, 4.69) is 0 Å². The Morgan fingerprint density at radius 3 is 2.33 bits per heavy atom. The molecule has 0 aromatic heterocycles. The fourth-order valence-electron chi connectivity index (χ4n) is 1.51. The largest absolute Gasteiger partial charge is 0.303 e. The molecule has 0 bridgehead atoms. The lowest BCUT2D eigenvalue weighted by molar-refractivity contribution is -0.125. The van der Waals surface area contributed by atoms with Gasteiger partial charge in [0.1, 0.15) is 12.1 Å². The van der Waals surface area contributed by atoms with Gasteiger partial charge in [0, 0.05) is 5.25 Å². The molecule has 0 saturated carbocycles. The highest BCUT2D eigenvalue weighted by atomic mass is 32.2. The molecule has 1 rings (SSSR count). The van der Waals surface area contributed by atoms with Gasteiger partial charge < -0.3 is 4.79 Å². The molecular formula is C12H14O2S. The van der Waals surface area contributed by atoms with Crippen molar-refractivity contribution < 1.29 is 9.59 Å². The van der Waals surface area contributed by atoms with Crippen LogP contribution in [-0.2, 0) is 9.59 Å². The summed E-state index contributed by atoms with van der Waals surface area (Å²) in [4.78, 5) is 22.2. The minimum atomic E-state index is -0.539. The molecule has 1 aromatic carbocycles. The molecule has 0 aliphatic carbocycles. The van der Waals surface area contributed by atoms with Gasteiger partial charge in [0.15, 0.2) is 0 Å². The van der Waals surface area contributed by atoms with Crippen LogP contribution in [0.4, 0.5) is 0 Å². The van der Waals surface area contributed by atoms with Gasteiger partial charge >= 0.3 is 0 Å². The van der Waals surface area contributed by atoms with Crippen LogP contribution in [0.1, 0.15) is 17.7 Å². The second kappa shape index (κ2) is 5.71. The lowest BCUT2D eigenvalue weighted by Crippen LogP contribution is -2.19. The van der Waals surface area contributed by atoms with Crippen molar-refractivity contribution in [1.82, 2.24) is 0 Å². The highest BCUT2D eigenvalue weighted by Gasteiger charge is 2.25. The summed E-state index contributed by atoms with van der Waals surface area (Å²) in [5.74, 6) is -0.615. The lowest BCUT2D eigenvalue weighted by Gasteiger charge is -2.18. The first kappa shape index (κ1) is 12.0. The normalized spacial score (nSPS) is 14.3. The summed E-state index contributed by atoms with van der Waals surface area (Å²) < 4.78 is 0. The first-order chi connectivity index (χ1) is 7.20. The number of carbonyl (C=O) groups excluding carboxylic acids is 2. The summed E-state index contributed by atoms with van der Waals surface area (Å²) in [7, 11) is 0. The molecule has 0 fully saturated rings. The van der Waals surface area contributed by atoms with E-state index < -0.39 is 5.92 Å². The van der Waals surface area contributed by atoms with E-state index in [9.17, 15) is 9.59 Å².